The number of methoxy groups -OCH3 is 1. The Bertz CT molecular complexity index is 468. The minimum Gasteiger partial charge on any atom is -0.497 e. The van der Waals surface area contributed by atoms with Crippen molar-refractivity contribution in [1.82, 2.24) is 10.2 Å². The molecule has 5 heteroatoms. The fourth-order valence-corrected chi connectivity index (χ4v) is 4.64. The molecule has 0 unspecified atom stereocenters. The quantitative estimate of drug-likeness (QED) is 0.764. The molecule has 1 N–H and O–H groups in total. The molecule has 0 bridgehead atoms. The Labute approximate surface area is 150 Å². The summed E-state index contributed by atoms with van der Waals surface area (Å²) in [4.78, 5) is 5.09. The van der Waals surface area contributed by atoms with Crippen LogP contribution >= 0.6 is 11.8 Å². The molecule has 3 rings (SSSR count). The topological polar surface area (TPSA) is 27.7 Å². The molecule has 1 aromatic carbocycles. The zero-order chi connectivity index (χ0) is 16.6. The van der Waals surface area contributed by atoms with E-state index in [1.165, 1.54) is 62.6 Å². The molecule has 0 aliphatic carbocycles. The van der Waals surface area contributed by atoms with Crippen LogP contribution < -0.4 is 15.0 Å². The largest absolute Gasteiger partial charge is 0.497 e. The van der Waals surface area contributed by atoms with E-state index in [1.807, 2.05) is 0 Å². The highest BCUT2D eigenvalue weighted by Gasteiger charge is 2.17. The van der Waals surface area contributed by atoms with Gasteiger partial charge in [0, 0.05) is 37.9 Å². The zero-order valence-electron chi connectivity index (χ0n) is 14.9. The number of nitrogens with one attached hydrogen (secondary N) is 1. The third kappa shape index (κ3) is 5.30. The van der Waals surface area contributed by atoms with Gasteiger partial charge in [0.25, 0.3) is 0 Å². The van der Waals surface area contributed by atoms with E-state index in [9.17, 15) is 0 Å². The van der Waals surface area contributed by atoms with Gasteiger partial charge in [-0.1, -0.05) is 0 Å². The fraction of sp³-hybridized carbons (Fsp3) is 0.684. The molecule has 0 amide bonds. The van der Waals surface area contributed by atoms with Crippen molar-refractivity contribution in [2.24, 2.45) is 0 Å². The Morgan fingerprint density at radius 3 is 2.46 bits per heavy atom. The Morgan fingerprint density at radius 2 is 1.79 bits per heavy atom. The van der Waals surface area contributed by atoms with Crippen LogP contribution in [-0.4, -0.2) is 68.8 Å². The number of benzene rings is 1. The monoisotopic (exact) mass is 349 g/mol. The first-order chi connectivity index (χ1) is 11.8. The molecule has 4 nitrogen and oxygen atoms in total. The van der Waals surface area contributed by atoms with Gasteiger partial charge in [-0.2, -0.15) is 11.8 Å². The highest BCUT2D eigenvalue weighted by Crippen LogP contribution is 2.20. The van der Waals surface area contributed by atoms with Crippen LogP contribution in [0.25, 0.3) is 0 Å². The van der Waals surface area contributed by atoms with Crippen molar-refractivity contribution >= 4 is 17.4 Å². The molecule has 0 spiro atoms. The molecule has 0 saturated carbocycles. The number of ether oxygens (including phenoxy) is 1. The molecule has 24 heavy (non-hydrogen) atoms. The molecule has 0 aromatic heterocycles. The van der Waals surface area contributed by atoms with Gasteiger partial charge in [-0.05, 0) is 68.1 Å². The van der Waals surface area contributed by atoms with E-state index in [2.05, 4.69) is 51.1 Å². The SMILES string of the molecule is COc1ccc(N2CCN(CCCNC3CCSCC3)CC2)cc1. The van der Waals surface area contributed by atoms with Crippen molar-refractivity contribution in [3.63, 3.8) is 0 Å². The summed E-state index contributed by atoms with van der Waals surface area (Å²) in [6.45, 7) is 7.00. The molecule has 2 saturated heterocycles. The van der Waals surface area contributed by atoms with Crippen molar-refractivity contribution in [3.8, 4) is 5.75 Å². The lowest BCUT2D eigenvalue weighted by Crippen LogP contribution is -2.47. The molecular weight excluding hydrogens is 318 g/mol. The van der Waals surface area contributed by atoms with Gasteiger partial charge in [-0.25, -0.2) is 0 Å². The summed E-state index contributed by atoms with van der Waals surface area (Å²) in [5.74, 6) is 3.61. The lowest BCUT2D eigenvalue weighted by molar-refractivity contribution is 0.252. The number of thioether (sulfide) groups is 1. The lowest BCUT2D eigenvalue weighted by atomic mass is 10.1. The number of hydrogen-bond donors (Lipinski definition) is 1. The summed E-state index contributed by atoms with van der Waals surface area (Å²) >= 11 is 2.10. The second-order valence-corrected chi connectivity index (χ2v) is 7.95. The highest BCUT2D eigenvalue weighted by molar-refractivity contribution is 7.99. The van der Waals surface area contributed by atoms with Crippen molar-refractivity contribution in [3.05, 3.63) is 24.3 Å². The van der Waals surface area contributed by atoms with E-state index >= 15 is 0 Å². The van der Waals surface area contributed by atoms with E-state index in [1.54, 1.807) is 7.11 Å². The van der Waals surface area contributed by atoms with Gasteiger partial charge >= 0.3 is 0 Å². The Balaban J connectivity index is 1.31. The fourth-order valence-electron chi connectivity index (χ4n) is 3.53. The average Bonchev–Trinajstić information content (AvgIpc) is 2.67. The van der Waals surface area contributed by atoms with E-state index < -0.39 is 0 Å². The summed E-state index contributed by atoms with van der Waals surface area (Å²) in [6.07, 6.45) is 3.97. The summed E-state index contributed by atoms with van der Waals surface area (Å²) in [6, 6.07) is 9.22. The summed E-state index contributed by atoms with van der Waals surface area (Å²) in [5, 5.41) is 3.74. The van der Waals surface area contributed by atoms with Gasteiger partial charge in [-0.3, -0.25) is 4.90 Å². The molecule has 2 fully saturated rings. The average molecular weight is 350 g/mol. The van der Waals surface area contributed by atoms with E-state index in [0.717, 1.165) is 24.9 Å². The number of rotatable bonds is 7. The van der Waals surface area contributed by atoms with Crippen LogP contribution in [0.2, 0.25) is 0 Å². The molecule has 0 radical (unpaired) electrons. The molecule has 1 aromatic rings. The molecular formula is C19H31N3OS. The van der Waals surface area contributed by atoms with Crippen LogP contribution in [0.4, 0.5) is 5.69 Å². The number of nitrogens with zero attached hydrogens (tertiary/aromatic N) is 2. The lowest BCUT2D eigenvalue weighted by Gasteiger charge is -2.36. The number of anilines is 1. The molecule has 2 heterocycles. The Hall–Kier alpha value is -0.910. The molecule has 2 aliphatic rings. The van der Waals surface area contributed by atoms with Crippen molar-refractivity contribution in [2.75, 3.05) is 62.8 Å². The van der Waals surface area contributed by atoms with Crippen LogP contribution in [0.15, 0.2) is 24.3 Å². The highest BCUT2D eigenvalue weighted by atomic mass is 32.2. The zero-order valence-corrected chi connectivity index (χ0v) is 15.7. The van der Waals surface area contributed by atoms with E-state index in [4.69, 9.17) is 4.74 Å². The maximum atomic E-state index is 5.24. The minimum absolute atomic E-state index is 0.776. The second kappa shape index (κ2) is 9.54. The van der Waals surface area contributed by atoms with Gasteiger partial charge in [0.2, 0.25) is 0 Å². The number of piperazine rings is 1. The predicted octanol–water partition coefficient (Wildman–Crippen LogP) is 2.69. The van der Waals surface area contributed by atoms with E-state index in [-0.39, 0.29) is 0 Å². The number of hydrogen-bond acceptors (Lipinski definition) is 5. The first kappa shape index (κ1) is 17.9. The van der Waals surface area contributed by atoms with Gasteiger partial charge in [-0.15, -0.1) is 0 Å². The Morgan fingerprint density at radius 1 is 1.08 bits per heavy atom. The maximum Gasteiger partial charge on any atom is 0.119 e. The third-order valence-electron chi connectivity index (χ3n) is 5.12. The van der Waals surface area contributed by atoms with Gasteiger partial charge in [0.15, 0.2) is 0 Å². The van der Waals surface area contributed by atoms with Crippen molar-refractivity contribution < 1.29 is 4.74 Å². The van der Waals surface area contributed by atoms with Crippen LogP contribution in [0, 0.1) is 0 Å². The van der Waals surface area contributed by atoms with Crippen LogP contribution in [0.5, 0.6) is 5.75 Å². The van der Waals surface area contributed by atoms with Gasteiger partial charge in [0.1, 0.15) is 5.75 Å². The van der Waals surface area contributed by atoms with Crippen LogP contribution in [0.1, 0.15) is 19.3 Å². The van der Waals surface area contributed by atoms with Crippen molar-refractivity contribution in [1.29, 1.82) is 0 Å². The predicted molar refractivity (Wildman–Crippen MR) is 105 cm³/mol. The standard InChI is InChI=1S/C19H31N3OS/c1-23-19-5-3-18(4-6-19)22-13-11-21(12-14-22)10-2-9-20-17-7-15-24-16-8-17/h3-6,17,20H,2,7-16H2,1H3. The molecule has 0 atom stereocenters. The summed E-state index contributed by atoms with van der Waals surface area (Å²) in [5.41, 5.74) is 1.31. The molecule has 2 aliphatic heterocycles. The van der Waals surface area contributed by atoms with Gasteiger partial charge in [0.05, 0.1) is 7.11 Å². The second-order valence-electron chi connectivity index (χ2n) is 6.72. The summed E-state index contributed by atoms with van der Waals surface area (Å²) in [7, 11) is 1.72. The van der Waals surface area contributed by atoms with Crippen molar-refractivity contribution in [2.45, 2.75) is 25.3 Å². The van der Waals surface area contributed by atoms with Gasteiger partial charge < -0.3 is 15.0 Å². The normalized spacial score (nSPS) is 20.3. The maximum absolute atomic E-state index is 5.24. The molecule has 134 valence electrons. The first-order valence-electron chi connectivity index (χ1n) is 9.27. The summed E-state index contributed by atoms with van der Waals surface area (Å²) < 4.78 is 5.24. The smallest absolute Gasteiger partial charge is 0.119 e. The van der Waals surface area contributed by atoms with Crippen LogP contribution in [0.3, 0.4) is 0 Å². The van der Waals surface area contributed by atoms with Crippen LogP contribution in [-0.2, 0) is 0 Å². The third-order valence-corrected chi connectivity index (χ3v) is 6.16. The first-order valence-corrected chi connectivity index (χ1v) is 10.4. The minimum atomic E-state index is 0.776. The van der Waals surface area contributed by atoms with E-state index in [0.29, 0.717) is 0 Å². The Kier molecular flexibility index (Phi) is 7.12.